The van der Waals surface area contributed by atoms with Crippen LogP contribution in [0.5, 0.6) is 5.75 Å². The predicted octanol–water partition coefficient (Wildman–Crippen LogP) is 2.66. The molecule has 1 fully saturated rings. The number of nitrogens with zero attached hydrogens (tertiary/aromatic N) is 4. The van der Waals surface area contributed by atoms with Crippen LogP contribution in [-0.2, 0) is 6.54 Å². The van der Waals surface area contributed by atoms with Gasteiger partial charge in [-0.25, -0.2) is 0 Å². The van der Waals surface area contributed by atoms with Gasteiger partial charge in [0.1, 0.15) is 5.75 Å². The third-order valence-corrected chi connectivity index (χ3v) is 6.59. The molecular weight excluding hydrogens is 440 g/mol. The molecule has 3 aromatic rings. The van der Waals surface area contributed by atoms with Crippen LogP contribution in [0.25, 0.3) is 0 Å². The van der Waals surface area contributed by atoms with E-state index in [1.54, 1.807) is 23.0 Å². The molecule has 0 bridgehead atoms. The van der Waals surface area contributed by atoms with Gasteiger partial charge < -0.3 is 14.8 Å². The molecule has 0 aliphatic carbocycles. The monoisotopic (exact) mass is 468 g/mol. The summed E-state index contributed by atoms with van der Waals surface area (Å²) in [7, 11) is 0. The number of benzene rings is 1. The summed E-state index contributed by atoms with van der Waals surface area (Å²) in [6, 6.07) is 12.4. The van der Waals surface area contributed by atoms with E-state index < -0.39 is 6.04 Å². The maximum absolute atomic E-state index is 13.8. The van der Waals surface area contributed by atoms with E-state index in [4.69, 9.17) is 11.6 Å². The van der Waals surface area contributed by atoms with E-state index in [1.807, 2.05) is 43.3 Å². The Balaban J connectivity index is 1.79. The van der Waals surface area contributed by atoms with Crippen molar-refractivity contribution < 1.29 is 10.2 Å². The van der Waals surface area contributed by atoms with E-state index in [2.05, 4.69) is 14.8 Å². The molecule has 0 amide bonds. The number of aryl methyl sites for hydroxylation is 1. The fourth-order valence-electron chi connectivity index (χ4n) is 4.51. The molecule has 0 spiro atoms. The van der Waals surface area contributed by atoms with Gasteiger partial charge in [0.25, 0.3) is 5.56 Å². The van der Waals surface area contributed by atoms with Crippen LogP contribution in [0.3, 0.4) is 0 Å². The fraction of sp³-hybridized carbons (Fsp3) is 0.360. The number of aromatic nitrogens is 2. The molecule has 3 heterocycles. The van der Waals surface area contributed by atoms with Crippen molar-refractivity contribution in [2.45, 2.75) is 19.5 Å². The van der Waals surface area contributed by atoms with Gasteiger partial charge in [-0.15, -0.1) is 0 Å². The average Bonchev–Trinajstić information content (AvgIpc) is 2.82. The van der Waals surface area contributed by atoms with E-state index >= 15 is 0 Å². The molecule has 1 aromatic carbocycles. The van der Waals surface area contributed by atoms with Gasteiger partial charge in [-0.2, -0.15) is 0 Å². The second kappa shape index (κ2) is 10.5. The minimum absolute atomic E-state index is 0.0253. The summed E-state index contributed by atoms with van der Waals surface area (Å²) in [4.78, 5) is 22.4. The Labute approximate surface area is 198 Å². The van der Waals surface area contributed by atoms with Gasteiger partial charge >= 0.3 is 0 Å². The number of aromatic hydroxyl groups is 1. The van der Waals surface area contributed by atoms with Crippen LogP contribution in [0, 0.1) is 6.92 Å². The number of rotatable bonds is 7. The molecule has 33 heavy (non-hydrogen) atoms. The molecule has 0 unspecified atom stereocenters. The summed E-state index contributed by atoms with van der Waals surface area (Å²) < 4.78 is 1.68. The fourth-order valence-corrected chi connectivity index (χ4v) is 4.75. The smallest absolute Gasteiger partial charge is 0.259 e. The number of aliphatic hydroxyl groups excluding tert-OH is 1. The summed E-state index contributed by atoms with van der Waals surface area (Å²) >= 11 is 6.60. The SMILES string of the molecule is Cc1cc(O)c([C@@H](c2ccccc2Cl)N2CCN(CCO)CC2)c(=O)n1Cc1cccnc1. The zero-order chi connectivity index (χ0) is 23.4. The van der Waals surface area contributed by atoms with Crippen LogP contribution < -0.4 is 5.56 Å². The van der Waals surface area contributed by atoms with Crippen LogP contribution in [0.2, 0.25) is 5.02 Å². The highest BCUT2D eigenvalue weighted by Crippen LogP contribution is 2.36. The van der Waals surface area contributed by atoms with Gasteiger partial charge in [-0.1, -0.05) is 35.9 Å². The van der Waals surface area contributed by atoms with Gasteiger partial charge in [-0.05, 0) is 36.2 Å². The topological polar surface area (TPSA) is 81.8 Å². The molecule has 7 nitrogen and oxygen atoms in total. The van der Waals surface area contributed by atoms with E-state index in [1.165, 1.54) is 0 Å². The minimum Gasteiger partial charge on any atom is -0.507 e. The maximum Gasteiger partial charge on any atom is 0.259 e. The van der Waals surface area contributed by atoms with Crippen molar-refractivity contribution in [3.05, 3.63) is 92.6 Å². The van der Waals surface area contributed by atoms with Gasteiger partial charge in [0.15, 0.2) is 0 Å². The molecule has 4 rings (SSSR count). The highest BCUT2D eigenvalue weighted by molar-refractivity contribution is 6.31. The first-order chi connectivity index (χ1) is 16.0. The summed E-state index contributed by atoms with van der Waals surface area (Å²) in [6.07, 6.45) is 3.44. The molecule has 2 aromatic heterocycles. The van der Waals surface area contributed by atoms with Crippen molar-refractivity contribution in [1.29, 1.82) is 0 Å². The second-order valence-corrected chi connectivity index (χ2v) is 8.77. The molecule has 1 aliphatic rings. The lowest BCUT2D eigenvalue weighted by Crippen LogP contribution is -2.49. The first-order valence-electron chi connectivity index (χ1n) is 11.1. The lowest BCUT2D eigenvalue weighted by Gasteiger charge is -2.39. The van der Waals surface area contributed by atoms with Crippen LogP contribution >= 0.6 is 11.6 Å². The third-order valence-electron chi connectivity index (χ3n) is 6.25. The summed E-state index contributed by atoms with van der Waals surface area (Å²) in [5.41, 5.74) is 2.47. The van der Waals surface area contributed by atoms with E-state index in [0.717, 1.165) is 24.2 Å². The van der Waals surface area contributed by atoms with Crippen LogP contribution in [0.1, 0.15) is 28.4 Å². The van der Waals surface area contributed by atoms with E-state index in [9.17, 15) is 15.0 Å². The Morgan fingerprint density at radius 3 is 2.55 bits per heavy atom. The summed E-state index contributed by atoms with van der Waals surface area (Å²) in [5.74, 6) is -0.0253. The molecule has 1 atom stereocenters. The molecule has 8 heteroatoms. The Bertz CT molecular complexity index is 1140. The normalized spacial score (nSPS) is 16.1. The Morgan fingerprint density at radius 2 is 1.88 bits per heavy atom. The number of hydrogen-bond donors (Lipinski definition) is 2. The minimum atomic E-state index is -0.483. The summed E-state index contributed by atoms with van der Waals surface area (Å²) in [6.45, 7) is 5.82. The maximum atomic E-state index is 13.8. The highest BCUT2D eigenvalue weighted by Gasteiger charge is 2.32. The number of hydrogen-bond acceptors (Lipinski definition) is 6. The zero-order valence-electron chi connectivity index (χ0n) is 18.7. The quantitative estimate of drug-likeness (QED) is 0.555. The number of piperazine rings is 1. The van der Waals surface area contributed by atoms with Gasteiger partial charge in [-0.3, -0.25) is 19.6 Å². The van der Waals surface area contributed by atoms with Crippen molar-refractivity contribution in [2.24, 2.45) is 0 Å². The molecule has 2 N–H and O–H groups in total. The summed E-state index contributed by atoms with van der Waals surface area (Å²) in [5, 5.41) is 20.8. The third kappa shape index (κ3) is 5.12. The molecule has 1 aliphatic heterocycles. The molecule has 0 saturated carbocycles. The zero-order valence-corrected chi connectivity index (χ0v) is 19.4. The Morgan fingerprint density at radius 1 is 1.12 bits per heavy atom. The van der Waals surface area contributed by atoms with Crippen molar-refractivity contribution in [3.8, 4) is 5.75 Å². The lowest BCUT2D eigenvalue weighted by atomic mass is 9.95. The Hall–Kier alpha value is -2.71. The van der Waals surface area contributed by atoms with Crippen molar-refractivity contribution in [3.63, 3.8) is 0 Å². The number of aliphatic hydroxyl groups is 1. The Kier molecular flexibility index (Phi) is 7.45. The van der Waals surface area contributed by atoms with Gasteiger partial charge in [0, 0.05) is 55.8 Å². The van der Waals surface area contributed by atoms with Gasteiger partial charge in [0.2, 0.25) is 0 Å². The second-order valence-electron chi connectivity index (χ2n) is 8.36. The lowest BCUT2D eigenvalue weighted by molar-refractivity contribution is 0.0932. The molecular formula is C25H29ClN4O3. The number of β-amino-alcohol motifs (C(OH)–C–C–N with tert-alkyl or cyclic N) is 1. The van der Waals surface area contributed by atoms with Crippen molar-refractivity contribution in [2.75, 3.05) is 39.3 Å². The van der Waals surface area contributed by atoms with Crippen molar-refractivity contribution >= 4 is 11.6 Å². The average molecular weight is 469 g/mol. The number of pyridine rings is 2. The first kappa shape index (κ1) is 23.4. The van der Waals surface area contributed by atoms with E-state index in [0.29, 0.717) is 42.5 Å². The first-order valence-corrected chi connectivity index (χ1v) is 11.5. The molecule has 174 valence electrons. The van der Waals surface area contributed by atoms with Crippen LogP contribution in [0.15, 0.2) is 59.7 Å². The number of halogens is 1. The highest BCUT2D eigenvalue weighted by atomic mass is 35.5. The van der Waals surface area contributed by atoms with E-state index in [-0.39, 0.29) is 17.9 Å². The van der Waals surface area contributed by atoms with Crippen LogP contribution in [0.4, 0.5) is 0 Å². The molecule has 1 saturated heterocycles. The van der Waals surface area contributed by atoms with Crippen molar-refractivity contribution in [1.82, 2.24) is 19.4 Å². The van der Waals surface area contributed by atoms with Gasteiger partial charge in [0.05, 0.1) is 24.8 Å². The molecule has 0 radical (unpaired) electrons. The largest absolute Gasteiger partial charge is 0.507 e. The standard InChI is InChI=1S/C25H29ClN4O3/c1-18-15-22(32)23(25(33)30(18)17-19-5-4-8-27-16-19)24(20-6-2-3-7-21(20)26)29-11-9-28(10-12-29)13-14-31/h2-8,15-16,24,31-32H,9-14,17H2,1H3/t24-/m1/s1. The predicted molar refractivity (Wildman–Crippen MR) is 129 cm³/mol. The van der Waals surface area contributed by atoms with Crippen LogP contribution in [-0.4, -0.2) is 68.9 Å².